The Morgan fingerprint density at radius 2 is 2.04 bits per heavy atom. The van der Waals surface area contributed by atoms with Gasteiger partial charge in [-0.05, 0) is 37.8 Å². The Balaban J connectivity index is 1.43. The number of aromatic nitrogens is 2. The van der Waals surface area contributed by atoms with Gasteiger partial charge < -0.3 is 10.6 Å². The van der Waals surface area contributed by atoms with E-state index in [2.05, 4.69) is 51.0 Å². The van der Waals surface area contributed by atoms with Crippen LogP contribution in [0.15, 0.2) is 36.5 Å². The molecule has 0 spiro atoms. The fourth-order valence-electron chi connectivity index (χ4n) is 3.66. The number of hydrogen-bond acceptors (Lipinski definition) is 3. The van der Waals surface area contributed by atoms with Crippen LogP contribution >= 0.6 is 0 Å². The highest BCUT2D eigenvalue weighted by atomic mass is 16.2. The lowest BCUT2D eigenvalue weighted by Gasteiger charge is -2.24. The van der Waals surface area contributed by atoms with Gasteiger partial charge in [0, 0.05) is 44.5 Å². The minimum Gasteiger partial charge on any atom is -0.338 e. The average Bonchev–Trinajstić information content (AvgIpc) is 2.86. The van der Waals surface area contributed by atoms with Crippen molar-refractivity contribution in [3.63, 3.8) is 0 Å². The maximum Gasteiger partial charge on any atom is 0.315 e. The molecule has 0 radical (unpaired) electrons. The maximum absolute atomic E-state index is 12.2. The lowest BCUT2D eigenvalue weighted by Crippen LogP contribution is -2.40. The predicted molar refractivity (Wildman–Crippen MR) is 107 cm³/mol. The third kappa shape index (κ3) is 5.82. The second kappa shape index (κ2) is 9.55. The van der Waals surface area contributed by atoms with E-state index in [4.69, 9.17) is 0 Å². The Morgan fingerprint density at radius 1 is 1.22 bits per heavy atom. The summed E-state index contributed by atoms with van der Waals surface area (Å²) in [6, 6.07) is 10.5. The Hall–Kier alpha value is -2.34. The molecule has 1 aliphatic heterocycles. The number of aryl methyl sites for hydroxylation is 1. The zero-order valence-corrected chi connectivity index (χ0v) is 16.4. The molecule has 1 fully saturated rings. The molecule has 6 heteroatoms. The van der Waals surface area contributed by atoms with Gasteiger partial charge in [0.05, 0.1) is 6.20 Å². The van der Waals surface area contributed by atoms with Crippen LogP contribution in [0.25, 0.3) is 0 Å². The molecule has 2 amide bonds. The van der Waals surface area contributed by atoms with E-state index in [1.165, 1.54) is 24.8 Å². The molecule has 2 N–H and O–H groups in total. The lowest BCUT2D eigenvalue weighted by molar-refractivity contribution is 0.225. The molecule has 3 rings (SSSR count). The molecule has 1 unspecified atom stereocenters. The molecule has 6 nitrogen and oxygen atoms in total. The molecule has 146 valence electrons. The van der Waals surface area contributed by atoms with Crippen LogP contribution in [0.2, 0.25) is 0 Å². The molecular weight excluding hydrogens is 338 g/mol. The second-order valence-corrected chi connectivity index (χ2v) is 7.52. The summed E-state index contributed by atoms with van der Waals surface area (Å²) in [6.45, 7) is 6.41. The van der Waals surface area contributed by atoms with E-state index in [1.807, 2.05) is 24.9 Å². The molecule has 1 saturated heterocycles. The molecule has 0 aliphatic carbocycles. The zero-order valence-electron chi connectivity index (χ0n) is 16.4. The molecule has 1 atom stereocenters. The fourth-order valence-corrected chi connectivity index (χ4v) is 3.66. The van der Waals surface area contributed by atoms with Gasteiger partial charge >= 0.3 is 6.03 Å². The number of benzene rings is 1. The van der Waals surface area contributed by atoms with Crippen LogP contribution in [0.5, 0.6) is 0 Å². The van der Waals surface area contributed by atoms with Crippen LogP contribution in [0.4, 0.5) is 4.79 Å². The normalized spacial score (nSPS) is 18.1. The summed E-state index contributed by atoms with van der Waals surface area (Å²) in [6.07, 6.45) is 5.44. The third-order valence-corrected chi connectivity index (χ3v) is 5.43. The molecule has 2 aromatic rings. The van der Waals surface area contributed by atoms with Crippen molar-refractivity contribution in [3.05, 3.63) is 53.3 Å². The molecular formula is C21H31N5O. The van der Waals surface area contributed by atoms with E-state index in [1.54, 1.807) is 0 Å². The van der Waals surface area contributed by atoms with Crippen LogP contribution < -0.4 is 10.6 Å². The van der Waals surface area contributed by atoms with Crippen molar-refractivity contribution in [2.45, 2.75) is 39.3 Å². The monoisotopic (exact) mass is 369 g/mol. The smallest absolute Gasteiger partial charge is 0.315 e. The minimum atomic E-state index is -0.0999. The summed E-state index contributed by atoms with van der Waals surface area (Å²) in [7, 11) is 1.91. The van der Waals surface area contributed by atoms with Gasteiger partial charge in [-0.1, -0.05) is 36.8 Å². The van der Waals surface area contributed by atoms with E-state index >= 15 is 0 Å². The van der Waals surface area contributed by atoms with E-state index in [0.717, 1.165) is 37.4 Å². The van der Waals surface area contributed by atoms with Crippen molar-refractivity contribution in [1.82, 2.24) is 25.3 Å². The van der Waals surface area contributed by atoms with Gasteiger partial charge in [-0.3, -0.25) is 9.58 Å². The molecule has 27 heavy (non-hydrogen) atoms. The van der Waals surface area contributed by atoms with Crippen molar-refractivity contribution < 1.29 is 4.79 Å². The van der Waals surface area contributed by atoms with Crippen LogP contribution in [0.3, 0.4) is 0 Å². The van der Waals surface area contributed by atoms with Crippen molar-refractivity contribution in [1.29, 1.82) is 0 Å². The van der Waals surface area contributed by atoms with Gasteiger partial charge in [0.1, 0.15) is 0 Å². The van der Waals surface area contributed by atoms with Gasteiger partial charge in [-0.25, -0.2) is 4.79 Å². The highest BCUT2D eigenvalue weighted by Crippen LogP contribution is 2.18. The topological polar surface area (TPSA) is 62.2 Å². The molecule has 2 heterocycles. The van der Waals surface area contributed by atoms with E-state index in [-0.39, 0.29) is 6.03 Å². The number of likely N-dealkylation sites (tertiary alicyclic amines) is 1. The van der Waals surface area contributed by atoms with Crippen LogP contribution in [-0.4, -0.2) is 40.3 Å². The first-order valence-electron chi connectivity index (χ1n) is 9.87. The van der Waals surface area contributed by atoms with Gasteiger partial charge in [0.25, 0.3) is 0 Å². The number of urea groups is 1. The number of nitrogens with one attached hydrogen (secondary N) is 2. The largest absolute Gasteiger partial charge is 0.338 e. The van der Waals surface area contributed by atoms with E-state index < -0.39 is 0 Å². The standard InChI is InChI=1S/C21H31N5O/c1-17-20(14-24-25(17)2)13-23-21(27)22-12-19-10-6-7-11-26(16-19)15-18-8-4-3-5-9-18/h3-5,8-9,14,19H,6-7,10-13,15-16H2,1-2H3,(H2,22,23,27). The van der Waals surface area contributed by atoms with Gasteiger partial charge in [0.15, 0.2) is 0 Å². The first-order chi connectivity index (χ1) is 13.1. The van der Waals surface area contributed by atoms with Crippen molar-refractivity contribution in [2.75, 3.05) is 19.6 Å². The summed E-state index contributed by atoms with van der Waals surface area (Å²) in [5, 5.41) is 10.2. The quantitative estimate of drug-likeness (QED) is 0.823. The number of carbonyl (C=O) groups is 1. The lowest BCUT2D eigenvalue weighted by atomic mass is 10.0. The summed E-state index contributed by atoms with van der Waals surface area (Å²) < 4.78 is 1.82. The molecule has 0 bridgehead atoms. The van der Waals surface area contributed by atoms with Crippen molar-refractivity contribution in [2.24, 2.45) is 13.0 Å². The molecule has 1 aliphatic rings. The number of hydrogen-bond donors (Lipinski definition) is 2. The predicted octanol–water partition coefficient (Wildman–Crippen LogP) is 2.83. The molecule has 0 saturated carbocycles. The van der Waals surface area contributed by atoms with Crippen molar-refractivity contribution in [3.8, 4) is 0 Å². The molecule has 1 aromatic heterocycles. The summed E-state index contributed by atoms with van der Waals surface area (Å²) in [5.41, 5.74) is 3.49. The first-order valence-corrected chi connectivity index (χ1v) is 9.87. The van der Waals surface area contributed by atoms with Crippen LogP contribution in [-0.2, 0) is 20.1 Å². The van der Waals surface area contributed by atoms with Gasteiger partial charge in [-0.15, -0.1) is 0 Å². The van der Waals surface area contributed by atoms with E-state index in [0.29, 0.717) is 12.5 Å². The Morgan fingerprint density at radius 3 is 2.78 bits per heavy atom. The maximum atomic E-state index is 12.2. The molecule has 1 aromatic carbocycles. The summed E-state index contributed by atoms with van der Waals surface area (Å²) >= 11 is 0. The zero-order chi connectivity index (χ0) is 19.1. The number of amides is 2. The van der Waals surface area contributed by atoms with Crippen LogP contribution in [0.1, 0.15) is 36.1 Å². The van der Waals surface area contributed by atoms with E-state index in [9.17, 15) is 4.79 Å². The average molecular weight is 370 g/mol. The Bertz CT molecular complexity index is 727. The van der Waals surface area contributed by atoms with Crippen LogP contribution in [0, 0.1) is 12.8 Å². The van der Waals surface area contributed by atoms with Crippen molar-refractivity contribution >= 4 is 6.03 Å². The number of nitrogens with zero attached hydrogens (tertiary/aromatic N) is 3. The number of carbonyl (C=O) groups excluding carboxylic acids is 1. The summed E-state index contributed by atoms with van der Waals surface area (Å²) in [5.74, 6) is 0.502. The Labute approximate surface area is 161 Å². The number of rotatable bonds is 6. The van der Waals surface area contributed by atoms with Gasteiger partial charge in [-0.2, -0.15) is 5.10 Å². The third-order valence-electron chi connectivity index (χ3n) is 5.43. The highest BCUT2D eigenvalue weighted by molar-refractivity contribution is 5.73. The fraction of sp³-hybridized carbons (Fsp3) is 0.524. The Kier molecular flexibility index (Phi) is 6.87. The second-order valence-electron chi connectivity index (χ2n) is 7.52. The highest BCUT2D eigenvalue weighted by Gasteiger charge is 2.19. The first kappa shape index (κ1) is 19.4. The SMILES string of the molecule is Cc1c(CNC(=O)NCC2CCCCN(Cc3ccccc3)C2)cnn1C. The minimum absolute atomic E-state index is 0.0999. The van der Waals surface area contributed by atoms with Gasteiger partial charge in [0.2, 0.25) is 0 Å². The summed E-state index contributed by atoms with van der Waals surface area (Å²) in [4.78, 5) is 14.7.